The van der Waals surface area contributed by atoms with Crippen LogP contribution in [0.5, 0.6) is 0 Å². The third-order valence-electron chi connectivity index (χ3n) is 4.66. The van der Waals surface area contributed by atoms with Gasteiger partial charge in [0.25, 0.3) is 0 Å². The highest BCUT2D eigenvalue weighted by Crippen LogP contribution is 2.59. The Hall–Kier alpha value is -0.0800. The van der Waals surface area contributed by atoms with Gasteiger partial charge in [-0.1, -0.05) is 20.8 Å². The van der Waals surface area contributed by atoms with E-state index in [4.69, 9.17) is 10.5 Å². The Bertz CT molecular complexity index is 194. The van der Waals surface area contributed by atoms with Crippen LogP contribution in [0.25, 0.3) is 0 Å². The summed E-state index contributed by atoms with van der Waals surface area (Å²) in [5, 5.41) is 0. The number of hydrogen-bond acceptors (Lipinski definition) is 2. The van der Waals surface area contributed by atoms with Gasteiger partial charge in [0.05, 0.1) is 13.2 Å². The van der Waals surface area contributed by atoms with Crippen molar-refractivity contribution in [3.05, 3.63) is 0 Å². The molecule has 0 aromatic carbocycles. The minimum atomic E-state index is -0.0694. The fraction of sp³-hybridized carbons (Fsp3) is 1.00. The maximum Gasteiger partial charge on any atom is 0.0651 e. The van der Waals surface area contributed by atoms with Crippen molar-refractivity contribution in [2.45, 2.75) is 39.2 Å². The summed E-state index contributed by atoms with van der Waals surface area (Å²) in [6.07, 6.45) is 2.34. The molecular formula is C10H19NO. The van der Waals surface area contributed by atoms with Crippen molar-refractivity contribution < 1.29 is 4.74 Å². The Kier molecular flexibility index (Phi) is 1.45. The lowest BCUT2D eigenvalue weighted by molar-refractivity contribution is -0.0997. The van der Waals surface area contributed by atoms with Gasteiger partial charge in [0.15, 0.2) is 0 Å². The van der Waals surface area contributed by atoms with Crippen molar-refractivity contribution in [1.29, 1.82) is 0 Å². The molecule has 1 saturated heterocycles. The molecule has 2 bridgehead atoms. The van der Waals surface area contributed by atoms with E-state index in [-0.39, 0.29) is 11.0 Å². The molecule has 2 atom stereocenters. The second-order valence-corrected chi connectivity index (χ2v) is 5.33. The van der Waals surface area contributed by atoms with Gasteiger partial charge >= 0.3 is 0 Å². The van der Waals surface area contributed by atoms with Crippen molar-refractivity contribution in [1.82, 2.24) is 0 Å². The minimum Gasteiger partial charge on any atom is -0.379 e. The highest BCUT2D eigenvalue weighted by Gasteiger charge is 2.61. The molecule has 12 heavy (non-hydrogen) atoms. The zero-order valence-corrected chi connectivity index (χ0v) is 8.31. The molecule has 0 amide bonds. The van der Waals surface area contributed by atoms with E-state index >= 15 is 0 Å². The lowest BCUT2D eigenvalue weighted by Gasteiger charge is -2.50. The van der Waals surface area contributed by atoms with Crippen molar-refractivity contribution in [3.8, 4) is 0 Å². The molecular weight excluding hydrogens is 150 g/mol. The van der Waals surface area contributed by atoms with Crippen LogP contribution in [-0.4, -0.2) is 18.8 Å². The first kappa shape index (κ1) is 8.52. The van der Waals surface area contributed by atoms with Crippen LogP contribution in [0.1, 0.15) is 33.6 Å². The first-order valence-electron chi connectivity index (χ1n) is 4.78. The predicted octanol–water partition coefficient (Wildman–Crippen LogP) is 1.54. The van der Waals surface area contributed by atoms with E-state index in [1.807, 2.05) is 0 Å². The lowest BCUT2D eigenvalue weighted by atomic mass is 9.62. The van der Waals surface area contributed by atoms with E-state index in [9.17, 15) is 0 Å². The number of rotatable bonds is 0. The molecule has 0 spiro atoms. The number of hydrogen-bond donors (Lipinski definition) is 1. The van der Waals surface area contributed by atoms with Gasteiger partial charge in [0.1, 0.15) is 0 Å². The molecule has 1 saturated carbocycles. The van der Waals surface area contributed by atoms with E-state index in [1.54, 1.807) is 0 Å². The van der Waals surface area contributed by atoms with Crippen LogP contribution in [0, 0.1) is 10.8 Å². The molecule has 2 nitrogen and oxygen atoms in total. The summed E-state index contributed by atoms with van der Waals surface area (Å²) in [5.74, 6) is 0. The zero-order chi connectivity index (χ0) is 9.04. The third-order valence-corrected chi connectivity index (χ3v) is 4.66. The molecule has 2 heteroatoms. The molecule has 1 aliphatic heterocycles. The van der Waals surface area contributed by atoms with Crippen LogP contribution in [-0.2, 0) is 4.74 Å². The van der Waals surface area contributed by atoms with Crippen molar-refractivity contribution in [2.75, 3.05) is 13.2 Å². The van der Waals surface area contributed by atoms with Crippen molar-refractivity contribution in [3.63, 3.8) is 0 Å². The number of ether oxygens (including phenoxy) is 1. The molecule has 1 heterocycles. The summed E-state index contributed by atoms with van der Waals surface area (Å²) < 4.78 is 5.57. The highest BCUT2D eigenvalue weighted by molar-refractivity contribution is 5.14. The zero-order valence-electron chi connectivity index (χ0n) is 8.31. The summed E-state index contributed by atoms with van der Waals surface area (Å²) in [6, 6.07) is 0. The Balaban J connectivity index is 2.42. The van der Waals surface area contributed by atoms with Gasteiger partial charge in [-0.25, -0.2) is 0 Å². The van der Waals surface area contributed by atoms with Crippen LogP contribution in [0.2, 0.25) is 0 Å². The number of nitrogens with two attached hydrogens (primary N) is 1. The second-order valence-electron chi connectivity index (χ2n) is 5.33. The molecule has 2 aliphatic rings. The quantitative estimate of drug-likeness (QED) is 0.597. The van der Waals surface area contributed by atoms with Crippen LogP contribution in [0.3, 0.4) is 0 Å². The van der Waals surface area contributed by atoms with Gasteiger partial charge in [0.2, 0.25) is 0 Å². The summed E-state index contributed by atoms with van der Waals surface area (Å²) in [5.41, 5.74) is 6.81. The highest BCUT2D eigenvalue weighted by atomic mass is 16.5. The maximum absolute atomic E-state index is 6.34. The Morgan fingerprint density at radius 1 is 1.08 bits per heavy atom. The SMILES string of the molecule is CC12CC[C@](N)(COC1)C2(C)C. The van der Waals surface area contributed by atoms with Crippen molar-refractivity contribution >= 4 is 0 Å². The molecule has 0 aromatic heterocycles. The Morgan fingerprint density at radius 3 is 2.25 bits per heavy atom. The smallest absolute Gasteiger partial charge is 0.0651 e. The number of fused-ring (bicyclic) bond motifs is 2. The maximum atomic E-state index is 6.34. The van der Waals surface area contributed by atoms with Gasteiger partial charge in [-0.2, -0.15) is 0 Å². The van der Waals surface area contributed by atoms with Crippen LogP contribution in [0.15, 0.2) is 0 Å². The average molecular weight is 169 g/mol. The largest absolute Gasteiger partial charge is 0.379 e. The van der Waals surface area contributed by atoms with E-state index in [1.165, 1.54) is 6.42 Å². The van der Waals surface area contributed by atoms with Crippen LogP contribution >= 0.6 is 0 Å². The predicted molar refractivity (Wildman–Crippen MR) is 48.9 cm³/mol. The summed E-state index contributed by atoms with van der Waals surface area (Å²) in [7, 11) is 0. The first-order chi connectivity index (χ1) is 5.41. The topological polar surface area (TPSA) is 35.2 Å². The lowest BCUT2D eigenvalue weighted by Crippen LogP contribution is -2.60. The summed E-state index contributed by atoms with van der Waals surface area (Å²) in [6.45, 7) is 8.53. The molecule has 0 radical (unpaired) electrons. The average Bonchev–Trinajstić information content (AvgIpc) is 2.17. The van der Waals surface area contributed by atoms with Gasteiger partial charge in [0, 0.05) is 5.54 Å². The standard InChI is InChI=1S/C10H19NO/c1-8(2)9(3)4-5-10(8,11)7-12-6-9/h4-7,11H2,1-3H3/t9?,10-/m0/s1. The Labute approximate surface area is 74.5 Å². The van der Waals surface area contributed by atoms with Crippen molar-refractivity contribution in [2.24, 2.45) is 16.6 Å². The molecule has 2 rings (SSSR count). The van der Waals surface area contributed by atoms with Crippen LogP contribution < -0.4 is 5.73 Å². The van der Waals surface area contributed by atoms with Gasteiger partial charge in [-0.3, -0.25) is 0 Å². The third kappa shape index (κ3) is 0.728. The molecule has 0 aromatic rings. The van der Waals surface area contributed by atoms with Crippen LogP contribution in [0.4, 0.5) is 0 Å². The molecule has 70 valence electrons. The van der Waals surface area contributed by atoms with Gasteiger partial charge in [-0.05, 0) is 23.7 Å². The fourth-order valence-corrected chi connectivity index (χ4v) is 2.69. The molecule has 2 fully saturated rings. The van der Waals surface area contributed by atoms with E-state index < -0.39 is 0 Å². The van der Waals surface area contributed by atoms with Gasteiger partial charge < -0.3 is 10.5 Å². The van der Waals surface area contributed by atoms with E-state index in [0.717, 1.165) is 19.6 Å². The fourth-order valence-electron chi connectivity index (χ4n) is 2.69. The molecule has 1 aliphatic carbocycles. The Morgan fingerprint density at radius 2 is 1.75 bits per heavy atom. The summed E-state index contributed by atoms with van der Waals surface area (Å²) >= 11 is 0. The first-order valence-corrected chi connectivity index (χ1v) is 4.78. The van der Waals surface area contributed by atoms with Gasteiger partial charge in [-0.15, -0.1) is 0 Å². The monoisotopic (exact) mass is 169 g/mol. The molecule has 2 N–H and O–H groups in total. The normalized spacial score (nSPS) is 51.0. The summed E-state index contributed by atoms with van der Waals surface area (Å²) in [4.78, 5) is 0. The minimum absolute atomic E-state index is 0.0694. The molecule has 1 unspecified atom stereocenters. The van der Waals surface area contributed by atoms with E-state index in [2.05, 4.69) is 20.8 Å². The second kappa shape index (κ2) is 2.05. The van der Waals surface area contributed by atoms with E-state index in [0.29, 0.717) is 5.41 Å².